The van der Waals surface area contributed by atoms with Crippen molar-refractivity contribution in [1.82, 2.24) is 10.2 Å². The van der Waals surface area contributed by atoms with E-state index in [4.69, 9.17) is 23.2 Å². The molecule has 2 aromatic carbocycles. The van der Waals surface area contributed by atoms with Crippen molar-refractivity contribution in [2.24, 2.45) is 0 Å². The first-order valence-electron chi connectivity index (χ1n) is 8.62. The molecule has 0 spiro atoms. The van der Waals surface area contributed by atoms with E-state index < -0.39 is 0 Å². The molecule has 3 rings (SSSR count). The molecule has 1 fully saturated rings. The van der Waals surface area contributed by atoms with E-state index in [2.05, 4.69) is 5.32 Å². The molecule has 1 N–H and O–H groups in total. The van der Waals surface area contributed by atoms with Crippen LogP contribution >= 0.6 is 23.2 Å². The molecule has 6 heteroatoms. The minimum atomic E-state index is -0.126. The second kappa shape index (κ2) is 8.56. The highest BCUT2D eigenvalue weighted by atomic mass is 35.5. The molecule has 0 unspecified atom stereocenters. The second-order valence-electron chi connectivity index (χ2n) is 6.36. The maximum atomic E-state index is 12.3. The summed E-state index contributed by atoms with van der Waals surface area (Å²) in [6.07, 6.45) is 2.20. The van der Waals surface area contributed by atoms with Crippen LogP contribution in [-0.4, -0.2) is 29.8 Å². The molecule has 26 heavy (non-hydrogen) atoms. The quantitative estimate of drug-likeness (QED) is 0.807. The van der Waals surface area contributed by atoms with Gasteiger partial charge in [-0.05, 0) is 48.2 Å². The molecule has 0 aromatic heterocycles. The van der Waals surface area contributed by atoms with Crippen LogP contribution in [0.5, 0.6) is 0 Å². The molecule has 1 heterocycles. The van der Waals surface area contributed by atoms with Gasteiger partial charge in [-0.2, -0.15) is 0 Å². The molecule has 1 saturated heterocycles. The van der Waals surface area contributed by atoms with Gasteiger partial charge >= 0.3 is 0 Å². The summed E-state index contributed by atoms with van der Waals surface area (Å²) in [5, 5.41) is 4.09. The minimum absolute atomic E-state index is 0.126. The van der Waals surface area contributed by atoms with Gasteiger partial charge in [0, 0.05) is 41.7 Å². The third-order valence-corrected chi connectivity index (χ3v) is 5.04. The van der Waals surface area contributed by atoms with Gasteiger partial charge in [0.2, 0.25) is 5.91 Å². The molecule has 0 radical (unpaired) electrons. The van der Waals surface area contributed by atoms with Crippen molar-refractivity contribution in [2.75, 3.05) is 13.1 Å². The summed E-state index contributed by atoms with van der Waals surface area (Å²) in [6, 6.07) is 12.7. The number of carbonyl (C=O) groups excluding carboxylic acids is 2. The lowest BCUT2D eigenvalue weighted by Crippen LogP contribution is -2.26. The van der Waals surface area contributed by atoms with Crippen LogP contribution in [0.2, 0.25) is 10.0 Å². The Bertz CT molecular complexity index is 806. The Labute approximate surface area is 163 Å². The van der Waals surface area contributed by atoms with Crippen molar-refractivity contribution in [2.45, 2.75) is 25.8 Å². The lowest BCUT2D eigenvalue weighted by atomic mass is 10.1. The maximum Gasteiger partial charge on any atom is 0.251 e. The number of carbonyl (C=O) groups is 2. The van der Waals surface area contributed by atoms with Crippen molar-refractivity contribution < 1.29 is 9.59 Å². The maximum absolute atomic E-state index is 12.3. The number of rotatable bonds is 6. The predicted octanol–water partition coefficient (Wildman–Crippen LogP) is 4.09. The van der Waals surface area contributed by atoms with Crippen LogP contribution in [0, 0.1) is 0 Å². The topological polar surface area (TPSA) is 49.4 Å². The largest absolute Gasteiger partial charge is 0.352 e. The Kier molecular flexibility index (Phi) is 6.17. The Morgan fingerprint density at radius 2 is 1.88 bits per heavy atom. The first-order chi connectivity index (χ1) is 12.5. The van der Waals surface area contributed by atoms with E-state index in [-0.39, 0.29) is 11.8 Å². The van der Waals surface area contributed by atoms with Gasteiger partial charge in [0.25, 0.3) is 5.91 Å². The van der Waals surface area contributed by atoms with E-state index in [0.29, 0.717) is 41.5 Å². The number of hydrogen-bond donors (Lipinski definition) is 1. The van der Waals surface area contributed by atoms with Gasteiger partial charge in [0.1, 0.15) is 0 Å². The number of halogens is 2. The molecular weight excluding hydrogens is 371 g/mol. The van der Waals surface area contributed by atoms with E-state index in [1.54, 1.807) is 24.3 Å². The molecule has 1 aliphatic rings. The van der Waals surface area contributed by atoms with Crippen molar-refractivity contribution in [3.05, 3.63) is 69.2 Å². The normalized spacial score (nSPS) is 13.9. The zero-order chi connectivity index (χ0) is 18.5. The summed E-state index contributed by atoms with van der Waals surface area (Å²) in [7, 11) is 0. The molecule has 136 valence electrons. The van der Waals surface area contributed by atoms with Crippen LogP contribution in [-0.2, 0) is 17.8 Å². The molecule has 0 aliphatic carbocycles. The van der Waals surface area contributed by atoms with E-state index in [1.807, 2.05) is 23.1 Å². The summed E-state index contributed by atoms with van der Waals surface area (Å²) in [5.41, 5.74) is 2.58. The third-order valence-electron chi connectivity index (χ3n) is 4.46. The molecule has 0 saturated carbocycles. The van der Waals surface area contributed by atoms with Crippen molar-refractivity contribution >= 4 is 35.0 Å². The van der Waals surface area contributed by atoms with Crippen LogP contribution in [0.25, 0.3) is 0 Å². The molecule has 1 aliphatic heterocycles. The standard InChI is InChI=1S/C20H20Cl2N2O2/c21-17-8-7-15(18(22)12-17)9-10-23-20(26)16-5-3-14(4-6-16)13-24-11-1-2-19(24)25/h3-8,12H,1-2,9-11,13H2,(H,23,26). The SMILES string of the molecule is O=C(NCCc1ccc(Cl)cc1Cl)c1ccc(CN2CCCC2=O)cc1. The summed E-state index contributed by atoms with van der Waals surface area (Å²) < 4.78 is 0. The van der Waals surface area contributed by atoms with Gasteiger partial charge in [-0.3, -0.25) is 9.59 Å². The second-order valence-corrected chi connectivity index (χ2v) is 7.20. The summed E-state index contributed by atoms with van der Waals surface area (Å²) in [4.78, 5) is 25.8. The van der Waals surface area contributed by atoms with Gasteiger partial charge in [0.15, 0.2) is 0 Å². The predicted molar refractivity (Wildman–Crippen MR) is 104 cm³/mol. The van der Waals surface area contributed by atoms with Gasteiger partial charge in [-0.1, -0.05) is 41.4 Å². The third kappa shape index (κ3) is 4.77. The van der Waals surface area contributed by atoms with Crippen LogP contribution in [0.15, 0.2) is 42.5 Å². The average Bonchev–Trinajstić information content (AvgIpc) is 3.02. The molecule has 4 nitrogen and oxygen atoms in total. The monoisotopic (exact) mass is 390 g/mol. The Hall–Kier alpha value is -2.04. The smallest absolute Gasteiger partial charge is 0.251 e. The molecular formula is C20H20Cl2N2O2. The molecule has 0 bridgehead atoms. The number of hydrogen-bond acceptors (Lipinski definition) is 2. The summed E-state index contributed by atoms with van der Waals surface area (Å²) >= 11 is 12.0. The highest BCUT2D eigenvalue weighted by Crippen LogP contribution is 2.21. The van der Waals surface area contributed by atoms with E-state index in [0.717, 1.165) is 24.1 Å². The van der Waals surface area contributed by atoms with Crippen LogP contribution in [0.1, 0.15) is 34.3 Å². The van der Waals surface area contributed by atoms with E-state index in [1.165, 1.54) is 0 Å². The summed E-state index contributed by atoms with van der Waals surface area (Å²) in [5.74, 6) is 0.0755. The van der Waals surface area contributed by atoms with Crippen molar-refractivity contribution in [3.8, 4) is 0 Å². The zero-order valence-corrected chi connectivity index (χ0v) is 15.8. The number of likely N-dealkylation sites (tertiary alicyclic amines) is 1. The first kappa shape index (κ1) is 18.7. The average molecular weight is 391 g/mol. The van der Waals surface area contributed by atoms with Gasteiger partial charge in [-0.15, -0.1) is 0 Å². The van der Waals surface area contributed by atoms with Gasteiger partial charge in [-0.25, -0.2) is 0 Å². The number of nitrogens with one attached hydrogen (secondary N) is 1. The zero-order valence-electron chi connectivity index (χ0n) is 14.3. The number of nitrogens with zero attached hydrogens (tertiary/aromatic N) is 1. The Morgan fingerprint density at radius 3 is 2.54 bits per heavy atom. The van der Waals surface area contributed by atoms with Crippen molar-refractivity contribution in [3.63, 3.8) is 0 Å². The van der Waals surface area contributed by atoms with Gasteiger partial charge in [0.05, 0.1) is 0 Å². The molecule has 2 amide bonds. The van der Waals surface area contributed by atoms with Crippen LogP contribution in [0.3, 0.4) is 0 Å². The lowest BCUT2D eigenvalue weighted by molar-refractivity contribution is -0.128. The number of benzene rings is 2. The van der Waals surface area contributed by atoms with Crippen molar-refractivity contribution in [1.29, 1.82) is 0 Å². The minimum Gasteiger partial charge on any atom is -0.352 e. The highest BCUT2D eigenvalue weighted by molar-refractivity contribution is 6.35. The lowest BCUT2D eigenvalue weighted by Gasteiger charge is -2.15. The highest BCUT2D eigenvalue weighted by Gasteiger charge is 2.19. The molecule has 2 aromatic rings. The Balaban J connectivity index is 1.50. The van der Waals surface area contributed by atoms with Crippen LogP contribution < -0.4 is 5.32 Å². The Morgan fingerprint density at radius 1 is 1.12 bits per heavy atom. The fourth-order valence-corrected chi connectivity index (χ4v) is 3.49. The van der Waals surface area contributed by atoms with Gasteiger partial charge < -0.3 is 10.2 Å². The fraction of sp³-hybridized carbons (Fsp3) is 0.300. The number of amides is 2. The fourth-order valence-electron chi connectivity index (χ4n) is 2.99. The first-order valence-corrected chi connectivity index (χ1v) is 9.37. The van der Waals surface area contributed by atoms with E-state index >= 15 is 0 Å². The van der Waals surface area contributed by atoms with E-state index in [9.17, 15) is 9.59 Å². The summed E-state index contributed by atoms with van der Waals surface area (Å²) in [6.45, 7) is 1.91. The van der Waals surface area contributed by atoms with Crippen LogP contribution in [0.4, 0.5) is 0 Å². The molecule has 0 atom stereocenters.